The van der Waals surface area contributed by atoms with Gasteiger partial charge in [0.15, 0.2) is 0 Å². The zero-order valence-corrected chi connectivity index (χ0v) is 15.8. The van der Waals surface area contributed by atoms with Crippen LogP contribution in [0.15, 0.2) is 42.5 Å². The summed E-state index contributed by atoms with van der Waals surface area (Å²) < 4.78 is 0. The number of nitrogen functional groups attached to an aromatic ring is 1. The number of hydrogen-bond donors (Lipinski definition) is 2. The van der Waals surface area contributed by atoms with Crippen LogP contribution in [0.5, 0.6) is 0 Å². The molecule has 1 aromatic heterocycles. The van der Waals surface area contributed by atoms with Crippen LogP contribution in [0.3, 0.4) is 0 Å². The van der Waals surface area contributed by atoms with E-state index in [2.05, 4.69) is 15.3 Å². The molecule has 0 bridgehead atoms. The number of nitrogens with zero attached hydrogens (tertiary/aromatic N) is 4. The van der Waals surface area contributed by atoms with Gasteiger partial charge in [-0.1, -0.05) is 24.3 Å². The second kappa shape index (κ2) is 6.82. The van der Waals surface area contributed by atoms with Gasteiger partial charge in [-0.2, -0.15) is 0 Å². The highest BCUT2D eigenvalue weighted by Crippen LogP contribution is 2.28. The molecular weight excluding hydrogens is 368 g/mol. The first-order valence-electron chi connectivity index (χ1n) is 9.54. The number of nitrogens with two attached hydrogens (primary N) is 1. The zero-order valence-electron chi connectivity index (χ0n) is 15.8. The maximum atomic E-state index is 13.3. The second-order valence-electron chi connectivity index (χ2n) is 7.28. The number of aromatic nitrogens is 2. The van der Waals surface area contributed by atoms with Gasteiger partial charge in [-0.3, -0.25) is 9.59 Å². The number of nitrogens with one attached hydrogen (secondary N) is 1. The fourth-order valence-electron chi connectivity index (χ4n) is 3.97. The van der Waals surface area contributed by atoms with Crippen molar-refractivity contribution < 1.29 is 9.59 Å². The molecule has 0 radical (unpaired) electrons. The zero-order chi connectivity index (χ0) is 20.0. The molecule has 8 heteroatoms. The third-order valence-corrected chi connectivity index (χ3v) is 5.43. The third kappa shape index (κ3) is 3.07. The number of amides is 2. The molecule has 2 aliphatic rings. The lowest BCUT2D eigenvalue weighted by Gasteiger charge is -2.27. The predicted octanol–water partition coefficient (Wildman–Crippen LogP) is 1.30. The van der Waals surface area contributed by atoms with Gasteiger partial charge in [-0.25, -0.2) is 9.97 Å². The van der Waals surface area contributed by atoms with Crippen LogP contribution in [0.4, 0.5) is 11.6 Å². The maximum absolute atomic E-state index is 13.3. The average molecular weight is 388 g/mol. The molecule has 5 rings (SSSR count). The molecule has 2 amide bonds. The Kier molecular flexibility index (Phi) is 4.13. The first-order valence-corrected chi connectivity index (χ1v) is 9.54. The molecule has 0 aliphatic carbocycles. The topological polar surface area (TPSA) is 104 Å². The number of rotatable bonds is 2. The van der Waals surface area contributed by atoms with Gasteiger partial charge in [0, 0.05) is 37.3 Å². The molecule has 0 spiro atoms. The van der Waals surface area contributed by atoms with Gasteiger partial charge in [0.2, 0.25) is 11.9 Å². The molecule has 1 fully saturated rings. The Hall–Kier alpha value is -3.52. The Morgan fingerprint density at radius 3 is 2.55 bits per heavy atom. The van der Waals surface area contributed by atoms with Crippen molar-refractivity contribution in [3.8, 4) is 0 Å². The lowest BCUT2D eigenvalue weighted by molar-refractivity contribution is -0.118. The van der Waals surface area contributed by atoms with Crippen LogP contribution in [0.1, 0.15) is 21.6 Å². The van der Waals surface area contributed by atoms with Crippen molar-refractivity contribution in [2.24, 2.45) is 0 Å². The molecule has 3 heterocycles. The molecule has 2 aromatic carbocycles. The van der Waals surface area contributed by atoms with Crippen LogP contribution < -0.4 is 16.0 Å². The van der Waals surface area contributed by atoms with Crippen molar-refractivity contribution in [3.63, 3.8) is 0 Å². The van der Waals surface area contributed by atoms with Crippen LogP contribution in [0.25, 0.3) is 10.9 Å². The Balaban J connectivity index is 1.55. The van der Waals surface area contributed by atoms with E-state index in [1.165, 1.54) is 0 Å². The summed E-state index contributed by atoms with van der Waals surface area (Å²) in [6, 6.07) is 13.4. The third-order valence-electron chi connectivity index (χ3n) is 5.43. The van der Waals surface area contributed by atoms with Gasteiger partial charge >= 0.3 is 0 Å². The largest absolute Gasteiger partial charge is 0.368 e. The summed E-state index contributed by atoms with van der Waals surface area (Å²) in [7, 11) is 0. The van der Waals surface area contributed by atoms with E-state index in [-0.39, 0.29) is 23.5 Å². The van der Waals surface area contributed by atoms with Crippen molar-refractivity contribution in [3.05, 3.63) is 59.3 Å². The lowest BCUT2D eigenvalue weighted by Crippen LogP contribution is -2.48. The van der Waals surface area contributed by atoms with Crippen LogP contribution in [-0.2, 0) is 17.9 Å². The van der Waals surface area contributed by atoms with E-state index < -0.39 is 0 Å². The molecule has 3 N–H and O–H groups in total. The summed E-state index contributed by atoms with van der Waals surface area (Å²) in [5.74, 6) is -0.137. The molecule has 8 nitrogen and oxygen atoms in total. The summed E-state index contributed by atoms with van der Waals surface area (Å²) >= 11 is 0. The first-order chi connectivity index (χ1) is 14.1. The van der Waals surface area contributed by atoms with E-state index in [0.717, 1.165) is 23.4 Å². The molecule has 146 valence electrons. The summed E-state index contributed by atoms with van der Waals surface area (Å²) in [6.07, 6.45) is 0. The predicted molar refractivity (Wildman–Crippen MR) is 109 cm³/mol. The fourth-order valence-corrected chi connectivity index (χ4v) is 3.97. The van der Waals surface area contributed by atoms with E-state index in [1.807, 2.05) is 36.4 Å². The second-order valence-corrected chi connectivity index (χ2v) is 7.28. The average Bonchev–Trinajstić information content (AvgIpc) is 3.17. The standard InChI is InChI=1S/C21H20N6O2/c22-21-24-17-6-5-15(27-8-7-23-10-18(27)28)9-16(17)19(25-21)20(29)26-11-13-3-1-2-4-14(13)12-26/h1-6,9,23H,7-8,10-12H2,(H2,22,24,25). The highest BCUT2D eigenvalue weighted by Gasteiger charge is 2.27. The lowest BCUT2D eigenvalue weighted by atomic mass is 10.1. The molecule has 2 aliphatic heterocycles. The van der Waals surface area contributed by atoms with Crippen molar-refractivity contribution in [2.75, 3.05) is 30.3 Å². The maximum Gasteiger partial charge on any atom is 0.273 e. The fraction of sp³-hybridized carbons (Fsp3) is 0.238. The van der Waals surface area contributed by atoms with Crippen LogP contribution in [0.2, 0.25) is 0 Å². The summed E-state index contributed by atoms with van der Waals surface area (Å²) in [6.45, 7) is 2.67. The van der Waals surface area contributed by atoms with Gasteiger partial charge in [-0.05, 0) is 29.3 Å². The Bertz CT molecular complexity index is 1120. The first kappa shape index (κ1) is 17.6. The van der Waals surface area contributed by atoms with Crippen molar-refractivity contribution in [2.45, 2.75) is 13.1 Å². The highest BCUT2D eigenvalue weighted by molar-refractivity contribution is 6.06. The van der Waals surface area contributed by atoms with E-state index in [4.69, 9.17) is 5.73 Å². The van der Waals surface area contributed by atoms with Gasteiger partial charge in [-0.15, -0.1) is 0 Å². The monoisotopic (exact) mass is 388 g/mol. The quantitative estimate of drug-likeness (QED) is 0.686. The van der Waals surface area contributed by atoms with E-state index in [0.29, 0.717) is 37.1 Å². The van der Waals surface area contributed by atoms with Crippen LogP contribution >= 0.6 is 0 Å². The Morgan fingerprint density at radius 2 is 1.83 bits per heavy atom. The summed E-state index contributed by atoms with van der Waals surface area (Å²) in [5, 5.41) is 3.66. The molecule has 29 heavy (non-hydrogen) atoms. The Labute approximate surface area is 167 Å². The van der Waals surface area contributed by atoms with Crippen molar-refractivity contribution >= 4 is 34.4 Å². The molecular formula is C21H20N6O2. The van der Waals surface area contributed by atoms with Crippen LogP contribution in [-0.4, -0.2) is 46.3 Å². The van der Waals surface area contributed by atoms with E-state index >= 15 is 0 Å². The summed E-state index contributed by atoms with van der Waals surface area (Å²) in [4.78, 5) is 37.6. The molecule has 0 unspecified atom stereocenters. The number of carbonyl (C=O) groups excluding carboxylic acids is 2. The molecule has 1 saturated heterocycles. The highest BCUT2D eigenvalue weighted by atomic mass is 16.2. The van der Waals surface area contributed by atoms with Gasteiger partial charge in [0.25, 0.3) is 5.91 Å². The smallest absolute Gasteiger partial charge is 0.273 e. The molecule has 0 saturated carbocycles. The van der Waals surface area contributed by atoms with Gasteiger partial charge < -0.3 is 20.9 Å². The number of carbonyl (C=O) groups is 2. The normalized spacial score (nSPS) is 16.3. The minimum atomic E-state index is -0.191. The van der Waals surface area contributed by atoms with Crippen molar-refractivity contribution in [1.29, 1.82) is 0 Å². The van der Waals surface area contributed by atoms with Gasteiger partial charge in [0.1, 0.15) is 5.69 Å². The number of anilines is 2. The van der Waals surface area contributed by atoms with E-state index in [9.17, 15) is 9.59 Å². The van der Waals surface area contributed by atoms with Crippen molar-refractivity contribution in [1.82, 2.24) is 20.2 Å². The molecule has 3 aromatic rings. The number of hydrogen-bond acceptors (Lipinski definition) is 6. The van der Waals surface area contributed by atoms with Gasteiger partial charge in [0.05, 0.1) is 12.1 Å². The SMILES string of the molecule is Nc1nc(C(=O)N2Cc3ccccc3C2)c2cc(N3CCNCC3=O)ccc2n1. The van der Waals surface area contributed by atoms with E-state index in [1.54, 1.807) is 15.9 Å². The Morgan fingerprint density at radius 1 is 1.07 bits per heavy atom. The number of benzene rings is 2. The number of piperazine rings is 1. The summed E-state index contributed by atoms with van der Waals surface area (Å²) in [5.41, 5.74) is 9.75. The number of fused-ring (bicyclic) bond motifs is 2. The minimum absolute atomic E-state index is 0.00478. The minimum Gasteiger partial charge on any atom is -0.368 e. The molecule has 0 atom stereocenters. The van der Waals surface area contributed by atoms with Crippen LogP contribution in [0, 0.1) is 0 Å².